The molecule has 0 fully saturated rings. The van der Waals surface area contributed by atoms with Gasteiger partial charge in [-0.1, -0.05) is 23.7 Å². The molecule has 0 amide bonds. The predicted molar refractivity (Wildman–Crippen MR) is 104 cm³/mol. The molecule has 7 heteroatoms. The molecule has 0 unspecified atom stereocenters. The van der Waals surface area contributed by atoms with Gasteiger partial charge >= 0.3 is 0 Å². The average Bonchev–Trinajstić information content (AvgIpc) is 3.15. The largest absolute Gasteiger partial charge is 0.300 e. The highest BCUT2D eigenvalue weighted by atomic mass is 35.5. The first kappa shape index (κ1) is 17.1. The number of carbonyl (C=O) groups is 1. The molecule has 1 aliphatic heterocycles. The highest BCUT2D eigenvalue weighted by Crippen LogP contribution is 2.38. The molecule has 0 spiro atoms. The fourth-order valence-corrected chi connectivity index (χ4v) is 4.46. The molecule has 5 nitrogen and oxygen atoms in total. The van der Waals surface area contributed by atoms with Crippen molar-refractivity contribution >= 4 is 34.4 Å². The van der Waals surface area contributed by atoms with Crippen LogP contribution in [0.5, 0.6) is 0 Å². The first-order valence-corrected chi connectivity index (χ1v) is 9.49. The summed E-state index contributed by atoms with van der Waals surface area (Å²) in [5.41, 5.74) is 4.10. The summed E-state index contributed by atoms with van der Waals surface area (Å²) in [6, 6.07) is 7.29. The number of fused-ring (bicyclic) bond motifs is 3. The molecule has 0 N–H and O–H groups in total. The first-order chi connectivity index (χ1) is 12.5. The summed E-state index contributed by atoms with van der Waals surface area (Å²) in [5.74, 6) is 0.772. The number of Topliss-reactive ketones (excluding diaryl/α,β-unsaturated/α-hetero) is 1. The van der Waals surface area contributed by atoms with E-state index in [1.54, 1.807) is 24.6 Å². The summed E-state index contributed by atoms with van der Waals surface area (Å²) in [6.45, 7) is 5.78. The van der Waals surface area contributed by atoms with Gasteiger partial charge in [-0.25, -0.2) is 0 Å². The van der Waals surface area contributed by atoms with Gasteiger partial charge in [0.05, 0.1) is 5.71 Å². The lowest BCUT2D eigenvalue weighted by atomic mass is 9.99. The van der Waals surface area contributed by atoms with Crippen LogP contribution in [0.3, 0.4) is 0 Å². The molecule has 3 heterocycles. The van der Waals surface area contributed by atoms with Crippen LogP contribution in [0.15, 0.2) is 35.6 Å². The molecule has 0 bridgehead atoms. The normalized spacial score (nSPS) is 15.8. The van der Waals surface area contributed by atoms with Gasteiger partial charge < -0.3 is 0 Å². The highest BCUT2D eigenvalue weighted by Gasteiger charge is 2.30. The van der Waals surface area contributed by atoms with Crippen molar-refractivity contribution < 1.29 is 4.79 Å². The number of nitrogens with zero attached hydrogens (tertiary/aromatic N) is 4. The Bertz CT molecular complexity index is 1030. The highest BCUT2D eigenvalue weighted by molar-refractivity contribution is 7.15. The number of aromatic nitrogens is 3. The number of thiophene rings is 1. The summed E-state index contributed by atoms with van der Waals surface area (Å²) >= 11 is 7.76. The number of benzene rings is 1. The molecule has 132 valence electrons. The number of carbonyl (C=O) groups excluding carboxylic acids is 1. The Morgan fingerprint density at radius 3 is 2.69 bits per heavy atom. The molecular weight excluding hydrogens is 368 g/mol. The molecule has 3 aromatic rings. The van der Waals surface area contributed by atoms with E-state index >= 15 is 0 Å². The molecule has 2 aromatic heterocycles. The third-order valence-corrected chi connectivity index (χ3v) is 6.04. The van der Waals surface area contributed by atoms with Crippen LogP contribution in [0.25, 0.3) is 5.00 Å². The summed E-state index contributed by atoms with van der Waals surface area (Å²) in [7, 11) is 0. The third-order valence-electron chi connectivity index (χ3n) is 4.58. The Hall–Kier alpha value is -2.31. The Morgan fingerprint density at radius 2 is 2.00 bits per heavy atom. The van der Waals surface area contributed by atoms with Crippen molar-refractivity contribution in [1.29, 1.82) is 0 Å². The van der Waals surface area contributed by atoms with Crippen molar-refractivity contribution in [3.8, 4) is 5.00 Å². The van der Waals surface area contributed by atoms with Crippen molar-refractivity contribution in [3.05, 3.63) is 63.0 Å². The minimum atomic E-state index is -0.361. The molecule has 1 atom stereocenters. The van der Waals surface area contributed by atoms with E-state index < -0.39 is 0 Å². The van der Waals surface area contributed by atoms with Crippen LogP contribution in [-0.2, 0) is 4.79 Å². The molecule has 1 aliphatic rings. The van der Waals surface area contributed by atoms with Gasteiger partial charge in [-0.15, -0.1) is 21.5 Å². The molecule has 0 saturated carbocycles. The molecule has 26 heavy (non-hydrogen) atoms. The predicted octanol–water partition coefficient (Wildman–Crippen LogP) is 4.47. The van der Waals surface area contributed by atoms with E-state index in [9.17, 15) is 4.79 Å². The van der Waals surface area contributed by atoms with Gasteiger partial charge in [-0.2, -0.15) is 0 Å². The fraction of sp³-hybridized carbons (Fsp3) is 0.263. The topological polar surface area (TPSA) is 60.1 Å². The Labute approximate surface area is 160 Å². The van der Waals surface area contributed by atoms with Crippen LogP contribution < -0.4 is 0 Å². The van der Waals surface area contributed by atoms with Gasteiger partial charge in [0.1, 0.15) is 23.2 Å². The maximum atomic E-state index is 11.8. The average molecular weight is 385 g/mol. The van der Waals surface area contributed by atoms with Crippen LogP contribution >= 0.6 is 22.9 Å². The van der Waals surface area contributed by atoms with Gasteiger partial charge in [0, 0.05) is 27.4 Å². The van der Waals surface area contributed by atoms with E-state index in [0.717, 1.165) is 21.8 Å². The Kier molecular flexibility index (Phi) is 4.25. The van der Waals surface area contributed by atoms with Crippen molar-refractivity contribution in [2.45, 2.75) is 33.2 Å². The van der Waals surface area contributed by atoms with Gasteiger partial charge in [0.25, 0.3) is 0 Å². The monoisotopic (exact) mass is 384 g/mol. The lowest BCUT2D eigenvalue weighted by Crippen LogP contribution is -2.09. The molecular formula is C19H17ClN4OS. The number of hydrogen-bond donors (Lipinski definition) is 0. The van der Waals surface area contributed by atoms with Crippen molar-refractivity contribution in [2.24, 2.45) is 4.99 Å². The quantitative estimate of drug-likeness (QED) is 0.669. The van der Waals surface area contributed by atoms with Gasteiger partial charge in [0.2, 0.25) is 0 Å². The lowest BCUT2D eigenvalue weighted by molar-refractivity contribution is -0.117. The molecule has 0 aliphatic carbocycles. The van der Waals surface area contributed by atoms with E-state index in [4.69, 9.17) is 16.6 Å². The van der Waals surface area contributed by atoms with Crippen LogP contribution in [0, 0.1) is 13.8 Å². The van der Waals surface area contributed by atoms with E-state index in [0.29, 0.717) is 17.3 Å². The number of hydrogen-bond acceptors (Lipinski definition) is 5. The fourth-order valence-electron chi connectivity index (χ4n) is 3.20. The van der Waals surface area contributed by atoms with Gasteiger partial charge in [-0.3, -0.25) is 14.4 Å². The standard InChI is InChI=1S/C19H17ClN4OS/c1-10(25)8-15-18-23-21-9-24(18)19-16(11(2)12(3)26-19)17(22-15)13-4-6-14(20)7-5-13/h4-7,9,15H,8H2,1-3H3/t15-/m0/s1. The first-order valence-electron chi connectivity index (χ1n) is 8.29. The zero-order valence-corrected chi connectivity index (χ0v) is 16.2. The van der Waals surface area contributed by atoms with E-state index in [1.165, 1.54) is 10.4 Å². The minimum absolute atomic E-state index is 0.0712. The third kappa shape index (κ3) is 2.79. The number of ketones is 1. The number of rotatable bonds is 3. The lowest BCUT2D eigenvalue weighted by Gasteiger charge is -2.11. The maximum Gasteiger partial charge on any atom is 0.163 e. The molecule has 0 saturated heterocycles. The zero-order valence-electron chi connectivity index (χ0n) is 14.7. The number of aliphatic imine (C=N–C) groups is 1. The second-order valence-corrected chi connectivity index (χ2v) is 8.07. The van der Waals surface area contributed by atoms with E-state index in [2.05, 4.69) is 24.0 Å². The number of halogens is 1. The Balaban J connectivity index is 2.00. The zero-order chi connectivity index (χ0) is 18.4. The van der Waals surface area contributed by atoms with Gasteiger partial charge in [0.15, 0.2) is 5.82 Å². The van der Waals surface area contributed by atoms with E-state index in [1.807, 2.05) is 28.8 Å². The van der Waals surface area contributed by atoms with Crippen LogP contribution in [0.4, 0.5) is 0 Å². The number of aryl methyl sites for hydroxylation is 1. The SMILES string of the molecule is CC(=O)C[C@@H]1N=C(c2ccc(Cl)cc2)c2c(sc(C)c2C)-n2cnnc21. The second-order valence-electron chi connectivity index (χ2n) is 6.43. The summed E-state index contributed by atoms with van der Waals surface area (Å²) in [6.07, 6.45) is 2.00. The smallest absolute Gasteiger partial charge is 0.163 e. The van der Waals surface area contributed by atoms with Crippen LogP contribution in [0.1, 0.15) is 46.8 Å². The van der Waals surface area contributed by atoms with Crippen LogP contribution in [0.2, 0.25) is 5.02 Å². The molecule has 1 aromatic carbocycles. The van der Waals surface area contributed by atoms with Crippen LogP contribution in [-0.4, -0.2) is 26.3 Å². The Morgan fingerprint density at radius 1 is 1.27 bits per heavy atom. The van der Waals surface area contributed by atoms with Crippen molar-refractivity contribution in [1.82, 2.24) is 14.8 Å². The second kappa shape index (κ2) is 6.45. The van der Waals surface area contributed by atoms with Crippen molar-refractivity contribution in [3.63, 3.8) is 0 Å². The van der Waals surface area contributed by atoms with Crippen molar-refractivity contribution in [2.75, 3.05) is 0 Å². The molecule has 4 rings (SSSR count). The maximum absolute atomic E-state index is 11.8. The minimum Gasteiger partial charge on any atom is -0.300 e. The summed E-state index contributed by atoms with van der Waals surface area (Å²) in [4.78, 5) is 18.0. The summed E-state index contributed by atoms with van der Waals surface area (Å²) < 4.78 is 1.97. The van der Waals surface area contributed by atoms with E-state index in [-0.39, 0.29) is 11.8 Å². The summed E-state index contributed by atoms with van der Waals surface area (Å²) in [5, 5.41) is 10.1. The molecule has 0 radical (unpaired) electrons. The van der Waals surface area contributed by atoms with Gasteiger partial charge in [-0.05, 0) is 38.5 Å².